The number of carbonyl (C=O) groups is 1. The molecule has 0 amide bonds. The van der Waals surface area contributed by atoms with E-state index < -0.39 is 0 Å². The van der Waals surface area contributed by atoms with Crippen LogP contribution in [0.25, 0.3) is 11.0 Å². The molecule has 1 N–H and O–H groups in total. The normalized spacial score (nSPS) is 12.6. The molecule has 0 radical (unpaired) electrons. The van der Waals surface area contributed by atoms with Gasteiger partial charge in [-0.1, -0.05) is 19.1 Å². The highest BCUT2D eigenvalue weighted by Crippen LogP contribution is 2.16. The third-order valence-electron chi connectivity index (χ3n) is 3.30. The van der Waals surface area contributed by atoms with E-state index in [0.717, 1.165) is 29.8 Å². The van der Waals surface area contributed by atoms with E-state index in [1.807, 2.05) is 18.2 Å². The van der Waals surface area contributed by atoms with Crippen LogP contribution in [0, 0.1) is 0 Å². The SMILES string of the molecule is CCCn1c(CNC(C)C(=O)OC)nc2ccccc21. The molecule has 1 aromatic heterocycles. The molecule has 5 heteroatoms. The molecule has 108 valence electrons. The van der Waals surface area contributed by atoms with Gasteiger partial charge in [0.2, 0.25) is 0 Å². The second-order valence-corrected chi connectivity index (χ2v) is 4.79. The fourth-order valence-electron chi connectivity index (χ4n) is 2.24. The van der Waals surface area contributed by atoms with Crippen LogP contribution in [0.2, 0.25) is 0 Å². The van der Waals surface area contributed by atoms with Crippen molar-refractivity contribution in [3.8, 4) is 0 Å². The monoisotopic (exact) mass is 275 g/mol. The van der Waals surface area contributed by atoms with Crippen molar-refractivity contribution >= 4 is 17.0 Å². The summed E-state index contributed by atoms with van der Waals surface area (Å²) in [6.07, 6.45) is 1.04. The van der Waals surface area contributed by atoms with Gasteiger partial charge in [0.1, 0.15) is 11.9 Å². The fourth-order valence-corrected chi connectivity index (χ4v) is 2.24. The summed E-state index contributed by atoms with van der Waals surface area (Å²) in [4.78, 5) is 16.0. The number of rotatable bonds is 6. The second-order valence-electron chi connectivity index (χ2n) is 4.79. The molecule has 0 aliphatic carbocycles. The summed E-state index contributed by atoms with van der Waals surface area (Å²) < 4.78 is 6.91. The molecule has 0 fully saturated rings. The molecule has 1 heterocycles. The van der Waals surface area contributed by atoms with Gasteiger partial charge >= 0.3 is 5.97 Å². The highest BCUT2D eigenvalue weighted by atomic mass is 16.5. The third-order valence-corrected chi connectivity index (χ3v) is 3.30. The molecule has 2 aromatic rings. The molecule has 0 saturated heterocycles. The average Bonchev–Trinajstić information content (AvgIpc) is 2.82. The van der Waals surface area contributed by atoms with Crippen molar-refractivity contribution < 1.29 is 9.53 Å². The number of carbonyl (C=O) groups excluding carboxylic acids is 1. The van der Waals surface area contributed by atoms with Crippen LogP contribution in [0.4, 0.5) is 0 Å². The Hall–Kier alpha value is -1.88. The maximum Gasteiger partial charge on any atom is 0.322 e. The minimum Gasteiger partial charge on any atom is -0.468 e. The summed E-state index contributed by atoms with van der Waals surface area (Å²) in [5.74, 6) is 0.687. The van der Waals surface area contributed by atoms with Gasteiger partial charge in [-0.15, -0.1) is 0 Å². The highest BCUT2D eigenvalue weighted by molar-refractivity contribution is 5.76. The number of esters is 1. The van der Waals surface area contributed by atoms with E-state index in [4.69, 9.17) is 4.74 Å². The number of aryl methyl sites for hydroxylation is 1. The van der Waals surface area contributed by atoms with E-state index in [1.54, 1.807) is 6.92 Å². The van der Waals surface area contributed by atoms with E-state index in [2.05, 4.69) is 27.9 Å². The van der Waals surface area contributed by atoms with Crippen LogP contribution in [0.3, 0.4) is 0 Å². The van der Waals surface area contributed by atoms with Crippen LogP contribution >= 0.6 is 0 Å². The molecule has 0 aliphatic heterocycles. The van der Waals surface area contributed by atoms with Gasteiger partial charge in [0.25, 0.3) is 0 Å². The number of fused-ring (bicyclic) bond motifs is 1. The number of para-hydroxylation sites is 2. The van der Waals surface area contributed by atoms with Crippen molar-refractivity contribution in [1.82, 2.24) is 14.9 Å². The summed E-state index contributed by atoms with van der Waals surface area (Å²) in [5.41, 5.74) is 2.13. The van der Waals surface area contributed by atoms with Crippen LogP contribution in [0.1, 0.15) is 26.1 Å². The maximum atomic E-state index is 11.4. The van der Waals surface area contributed by atoms with Crippen molar-refractivity contribution in [3.63, 3.8) is 0 Å². The summed E-state index contributed by atoms with van der Waals surface area (Å²) in [6.45, 7) is 5.40. The Morgan fingerprint density at radius 3 is 2.90 bits per heavy atom. The smallest absolute Gasteiger partial charge is 0.322 e. The number of nitrogens with one attached hydrogen (secondary N) is 1. The lowest BCUT2D eigenvalue weighted by Gasteiger charge is -2.12. The van der Waals surface area contributed by atoms with Crippen LogP contribution in [0.5, 0.6) is 0 Å². The van der Waals surface area contributed by atoms with Crippen molar-refractivity contribution in [1.29, 1.82) is 0 Å². The molecule has 5 nitrogen and oxygen atoms in total. The minimum absolute atomic E-state index is 0.261. The number of aromatic nitrogens is 2. The average molecular weight is 275 g/mol. The number of hydrogen-bond acceptors (Lipinski definition) is 4. The van der Waals surface area contributed by atoms with Crippen LogP contribution in [0.15, 0.2) is 24.3 Å². The summed E-state index contributed by atoms with van der Waals surface area (Å²) in [5, 5.41) is 3.15. The molecular formula is C15H21N3O2. The summed E-state index contributed by atoms with van der Waals surface area (Å²) in [7, 11) is 1.40. The molecule has 2 rings (SSSR count). The van der Waals surface area contributed by atoms with Crippen molar-refractivity contribution in [2.24, 2.45) is 0 Å². The van der Waals surface area contributed by atoms with Gasteiger partial charge in [-0.25, -0.2) is 4.98 Å². The Balaban J connectivity index is 2.20. The number of ether oxygens (including phenoxy) is 1. The Kier molecular flexibility index (Phi) is 4.74. The first kappa shape index (κ1) is 14.5. The first-order chi connectivity index (χ1) is 9.67. The quantitative estimate of drug-likeness (QED) is 0.820. The Morgan fingerprint density at radius 1 is 1.45 bits per heavy atom. The Labute approximate surface area is 118 Å². The highest BCUT2D eigenvalue weighted by Gasteiger charge is 2.15. The van der Waals surface area contributed by atoms with E-state index >= 15 is 0 Å². The van der Waals surface area contributed by atoms with E-state index in [0.29, 0.717) is 6.54 Å². The zero-order chi connectivity index (χ0) is 14.5. The first-order valence-corrected chi connectivity index (χ1v) is 6.92. The maximum absolute atomic E-state index is 11.4. The molecule has 1 unspecified atom stereocenters. The number of hydrogen-bond donors (Lipinski definition) is 1. The van der Waals surface area contributed by atoms with Gasteiger partial charge in [0, 0.05) is 6.54 Å². The number of benzene rings is 1. The topological polar surface area (TPSA) is 56.2 Å². The Morgan fingerprint density at radius 2 is 2.20 bits per heavy atom. The van der Waals surface area contributed by atoms with Gasteiger partial charge in [0.05, 0.1) is 24.7 Å². The molecule has 20 heavy (non-hydrogen) atoms. The number of nitrogens with zero attached hydrogens (tertiary/aromatic N) is 2. The molecule has 0 bridgehead atoms. The van der Waals surface area contributed by atoms with E-state index in [1.165, 1.54) is 7.11 Å². The van der Waals surface area contributed by atoms with Gasteiger partial charge in [0.15, 0.2) is 0 Å². The van der Waals surface area contributed by atoms with E-state index in [9.17, 15) is 4.79 Å². The van der Waals surface area contributed by atoms with E-state index in [-0.39, 0.29) is 12.0 Å². The van der Waals surface area contributed by atoms with Crippen molar-refractivity contribution in [2.45, 2.75) is 39.4 Å². The van der Waals surface area contributed by atoms with Crippen LogP contribution in [-0.4, -0.2) is 28.7 Å². The van der Waals surface area contributed by atoms with Crippen LogP contribution in [-0.2, 0) is 22.6 Å². The lowest BCUT2D eigenvalue weighted by Crippen LogP contribution is -2.35. The predicted octanol–water partition coefficient (Wildman–Crippen LogP) is 2.10. The molecular weight excluding hydrogens is 254 g/mol. The molecule has 0 aliphatic rings. The van der Waals surface area contributed by atoms with Crippen LogP contribution < -0.4 is 5.32 Å². The lowest BCUT2D eigenvalue weighted by atomic mass is 10.3. The lowest BCUT2D eigenvalue weighted by molar-refractivity contribution is -0.142. The zero-order valence-electron chi connectivity index (χ0n) is 12.2. The molecule has 1 aromatic carbocycles. The largest absolute Gasteiger partial charge is 0.468 e. The summed E-state index contributed by atoms with van der Waals surface area (Å²) in [6, 6.07) is 7.75. The first-order valence-electron chi connectivity index (χ1n) is 6.92. The van der Waals surface area contributed by atoms with Gasteiger partial charge in [-0.05, 0) is 25.5 Å². The second kappa shape index (κ2) is 6.52. The number of methoxy groups -OCH3 is 1. The molecule has 0 spiro atoms. The molecule has 0 saturated carbocycles. The van der Waals surface area contributed by atoms with Gasteiger partial charge < -0.3 is 9.30 Å². The predicted molar refractivity (Wildman–Crippen MR) is 78.3 cm³/mol. The fraction of sp³-hybridized carbons (Fsp3) is 0.467. The molecule has 1 atom stereocenters. The number of imidazole rings is 1. The zero-order valence-corrected chi connectivity index (χ0v) is 12.2. The van der Waals surface area contributed by atoms with Gasteiger partial charge in [-0.3, -0.25) is 10.1 Å². The van der Waals surface area contributed by atoms with Crippen molar-refractivity contribution in [3.05, 3.63) is 30.1 Å². The van der Waals surface area contributed by atoms with Crippen molar-refractivity contribution in [2.75, 3.05) is 7.11 Å². The standard InChI is InChI=1S/C15H21N3O2/c1-4-9-18-13-8-6-5-7-12(13)17-14(18)10-16-11(2)15(19)20-3/h5-8,11,16H,4,9-10H2,1-3H3. The Bertz CT molecular complexity index is 592. The summed E-state index contributed by atoms with van der Waals surface area (Å²) >= 11 is 0. The third kappa shape index (κ3) is 2.99. The minimum atomic E-state index is -0.338. The van der Waals surface area contributed by atoms with Gasteiger partial charge in [-0.2, -0.15) is 0 Å².